The van der Waals surface area contributed by atoms with E-state index in [2.05, 4.69) is 4.72 Å². The molecule has 0 aliphatic carbocycles. The topological polar surface area (TPSA) is 105 Å². The molecule has 0 amide bonds. The molecule has 1 N–H and O–H groups in total. The van der Waals surface area contributed by atoms with Crippen LogP contribution in [0.2, 0.25) is 0 Å². The number of sulfonamides is 1. The summed E-state index contributed by atoms with van der Waals surface area (Å²) in [6.07, 6.45) is -1.11. The van der Waals surface area contributed by atoms with Gasteiger partial charge in [-0.15, -0.1) is 0 Å². The third-order valence-corrected chi connectivity index (χ3v) is 9.52. The van der Waals surface area contributed by atoms with Gasteiger partial charge >= 0.3 is 11.9 Å². The lowest BCUT2D eigenvalue weighted by Gasteiger charge is -2.32. The fraction of sp³-hybridized carbons (Fsp3) is 0.278. The van der Waals surface area contributed by atoms with E-state index in [1.165, 1.54) is 53.4 Å². The van der Waals surface area contributed by atoms with Crippen LogP contribution < -0.4 is 4.72 Å². The number of rotatable bonds is 12. The Morgan fingerprint density at radius 3 is 1.98 bits per heavy atom. The van der Waals surface area contributed by atoms with Gasteiger partial charge in [-0.1, -0.05) is 72.3 Å². The normalized spacial score (nSPS) is 18.4. The van der Waals surface area contributed by atoms with Gasteiger partial charge in [0.15, 0.2) is 0 Å². The molecule has 48 heavy (non-hydrogen) atoms. The Balaban J connectivity index is 1.68. The van der Waals surface area contributed by atoms with Crippen LogP contribution >= 0.6 is 0 Å². The lowest BCUT2D eigenvalue weighted by Crippen LogP contribution is -2.41. The SMILES string of the molecule is CCOC(=O)CN1[C@H](c2ccccc2F)N(Cc2ccccc2NS(=O)(=O)c2ccc(C)cc2)[C@H](C(=O)OCC)[C@@H]1c1ccccc1F. The number of anilines is 1. The van der Waals surface area contributed by atoms with E-state index in [4.69, 9.17) is 9.47 Å². The van der Waals surface area contributed by atoms with Gasteiger partial charge < -0.3 is 9.47 Å². The van der Waals surface area contributed by atoms with E-state index < -0.39 is 58.4 Å². The molecule has 1 heterocycles. The number of esters is 2. The van der Waals surface area contributed by atoms with Crippen LogP contribution in [0.1, 0.15) is 48.3 Å². The van der Waals surface area contributed by atoms with Crippen LogP contribution in [0.3, 0.4) is 0 Å². The highest BCUT2D eigenvalue weighted by Gasteiger charge is 2.54. The summed E-state index contributed by atoms with van der Waals surface area (Å²) in [5, 5.41) is 0. The average Bonchev–Trinajstić information content (AvgIpc) is 3.35. The van der Waals surface area contributed by atoms with Gasteiger partial charge in [0, 0.05) is 17.7 Å². The zero-order valence-electron chi connectivity index (χ0n) is 26.8. The van der Waals surface area contributed by atoms with Crippen molar-refractivity contribution in [3.8, 4) is 0 Å². The Hall–Kier alpha value is -4.65. The van der Waals surface area contributed by atoms with Crippen molar-refractivity contribution < 1.29 is 36.3 Å². The number of aryl methyl sites for hydroxylation is 1. The summed E-state index contributed by atoms with van der Waals surface area (Å²) in [4.78, 5) is 30.3. The monoisotopic (exact) mass is 677 g/mol. The summed E-state index contributed by atoms with van der Waals surface area (Å²) in [7, 11) is -4.03. The Morgan fingerprint density at radius 2 is 1.35 bits per heavy atom. The number of benzene rings is 4. The molecule has 0 radical (unpaired) electrons. The molecule has 0 unspecified atom stereocenters. The van der Waals surface area contributed by atoms with Crippen LogP contribution in [0.5, 0.6) is 0 Å². The predicted molar refractivity (Wildman–Crippen MR) is 176 cm³/mol. The fourth-order valence-corrected chi connectivity index (χ4v) is 7.16. The molecule has 0 spiro atoms. The molecule has 1 saturated heterocycles. The number of nitrogens with zero attached hydrogens (tertiary/aromatic N) is 2. The zero-order valence-corrected chi connectivity index (χ0v) is 27.6. The molecule has 4 aromatic carbocycles. The lowest BCUT2D eigenvalue weighted by molar-refractivity contribution is -0.150. The number of hydrogen-bond donors (Lipinski definition) is 1. The maximum atomic E-state index is 15.8. The van der Waals surface area contributed by atoms with Crippen LogP contribution in [0.25, 0.3) is 0 Å². The van der Waals surface area contributed by atoms with Gasteiger partial charge in [0.2, 0.25) is 0 Å². The molecule has 252 valence electrons. The minimum atomic E-state index is -4.03. The first-order valence-electron chi connectivity index (χ1n) is 15.6. The molecule has 1 aliphatic rings. The summed E-state index contributed by atoms with van der Waals surface area (Å²) in [6.45, 7) is 4.66. The molecule has 0 saturated carbocycles. The van der Waals surface area contributed by atoms with Crippen LogP contribution in [-0.2, 0) is 35.6 Å². The quantitative estimate of drug-likeness (QED) is 0.179. The highest BCUT2D eigenvalue weighted by atomic mass is 32.2. The van der Waals surface area contributed by atoms with Crippen molar-refractivity contribution in [2.75, 3.05) is 24.5 Å². The van der Waals surface area contributed by atoms with Crippen molar-refractivity contribution in [1.82, 2.24) is 9.80 Å². The molecule has 12 heteroatoms. The molecular weight excluding hydrogens is 640 g/mol. The number of ether oxygens (including phenoxy) is 2. The first-order valence-corrected chi connectivity index (χ1v) is 17.0. The van der Waals surface area contributed by atoms with E-state index in [-0.39, 0.29) is 41.5 Å². The summed E-state index contributed by atoms with van der Waals surface area (Å²) >= 11 is 0. The smallest absolute Gasteiger partial charge is 0.325 e. The maximum Gasteiger partial charge on any atom is 0.325 e. The molecule has 5 rings (SSSR count). The molecule has 4 aromatic rings. The van der Waals surface area contributed by atoms with Crippen molar-refractivity contribution in [2.24, 2.45) is 0 Å². The number of carbonyl (C=O) groups excluding carboxylic acids is 2. The van der Waals surface area contributed by atoms with Gasteiger partial charge in [0.25, 0.3) is 10.0 Å². The second-order valence-corrected chi connectivity index (χ2v) is 13.0. The maximum absolute atomic E-state index is 15.8. The van der Waals surface area contributed by atoms with Crippen molar-refractivity contribution >= 4 is 27.6 Å². The van der Waals surface area contributed by atoms with Gasteiger partial charge in [0.05, 0.1) is 42.5 Å². The second kappa shape index (κ2) is 15.1. The Morgan fingerprint density at radius 1 is 0.771 bits per heavy atom. The van der Waals surface area contributed by atoms with Crippen molar-refractivity contribution in [2.45, 2.75) is 50.5 Å². The number of para-hydroxylation sites is 1. The van der Waals surface area contributed by atoms with Crippen molar-refractivity contribution in [3.63, 3.8) is 0 Å². The second-order valence-electron chi connectivity index (χ2n) is 11.3. The molecular formula is C36H37F2N3O6S. The third-order valence-electron chi connectivity index (χ3n) is 8.14. The lowest BCUT2D eigenvalue weighted by atomic mass is 9.97. The van der Waals surface area contributed by atoms with E-state index in [0.717, 1.165) is 5.56 Å². The van der Waals surface area contributed by atoms with Crippen LogP contribution in [-0.4, -0.2) is 56.0 Å². The van der Waals surface area contributed by atoms with Crippen LogP contribution in [0.4, 0.5) is 14.5 Å². The summed E-state index contributed by atoms with van der Waals surface area (Å²) in [5.74, 6) is -2.63. The third kappa shape index (κ3) is 7.40. The van der Waals surface area contributed by atoms with E-state index in [1.54, 1.807) is 67.3 Å². The van der Waals surface area contributed by atoms with Gasteiger partial charge in [-0.05, 0) is 56.7 Å². The first kappa shape index (κ1) is 34.7. The van der Waals surface area contributed by atoms with Gasteiger partial charge in [-0.3, -0.25) is 24.1 Å². The predicted octanol–water partition coefficient (Wildman–Crippen LogP) is 6.13. The Labute approximate surface area is 279 Å². The minimum Gasteiger partial charge on any atom is -0.465 e. The molecule has 1 aliphatic heterocycles. The van der Waals surface area contributed by atoms with E-state index in [1.807, 2.05) is 6.92 Å². The number of carbonyl (C=O) groups is 2. The van der Waals surface area contributed by atoms with Crippen molar-refractivity contribution in [1.29, 1.82) is 0 Å². The molecule has 0 aromatic heterocycles. The number of hydrogen-bond acceptors (Lipinski definition) is 8. The van der Waals surface area contributed by atoms with E-state index >= 15 is 8.78 Å². The minimum absolute atomic E-state index is 0.00232. The van der Waals surface area contributed by atoms with E-state index in [0.29, 0.717) is 5.56 Å². The highest BCUT2D eigenvalue weighted by molar-refractivity contribution is 7.92. The first-order chi connectivity index (χ1) is 23.1. The van der Waals surface area contributed by atoms with Crippen molar-refractivity contribution in [3.05, 3.63) is 131 Å². The van der Waals surface area contributed by atoms with Gasteiger partial charge in [0.1, 0.15) is 17.7 Å². The number of halogens is 2. The molecule has 3 atom stereocenters. The molecule has 1 fully saturated rings. The van der Waals surface area contributed by atoms with Crippen LogP contribution in [0, 0.1) is 18.6 Å². The average molecular weight is 678 g/mol. The van der Waals surface area contributed by atoms with Crippen LogP contribution in [0.15, 0.2) is 102 Å². The summed E-state index contributed by atoms with van der Waals surface area (Å²) in [5.41, 5.74) is 1.77. The van der Waals surface area contributed by atoms with Gasteiger partial charge in [-0.25, -0.2) is 17.2 Å². The Bertz CT molecular complexity index is 1870. The largest absolute Gasteiger partial charge is 0.465 e. The standard InChI is InChI=1S/C36H37F2N3O6S/c1-4-46-32(42)23-41-33(27-13-7-9-15-29(27)37)34(36(43)47-5-2)40(35(41)28-14-8-10-16-30(28)38)22-25-12-6-11-17-31(25)39-48(44,45)26-20-18-24(3)19-21-26/h6-21,33-35,39H,4-5,22-23H2,1-3H3/t33-,34-,35+/m0/s1. The number of nitrogens with one attached hydrogen (secondary N) is 1. The molecule has 9 nitrogen and oxygen atoms in total. The summed E-state index contributed by atoms with van der Waals surface area (Å²) < 4.78 is 71.8. The summed E-state index contributed by atoms with van der Waals surface area (Å²) in [6, 6.07) is 22.4. The van der Waals surface area contributed by atoms with Gasteiger partial charge in [-0.2, -0.15) is 0 Å². The zero-order chi connectivity index (χ0) is 34.4. The molecule has 0 bridgehead atoms. The fourth-order valence-electron chi connectivity index (χ4n) is 6.06. The highest BCUT2D eigenvalue weighted by Crippen LogP contribution is 2.48. The Kier molecular flexibility index (Phi) is 10.9. The van der Waals surface area contributed by atoms with E-state index in [9.17, 15) is 18.0 Å².